The first-order chi connectivity index (χ1) is 15.1. The van der Waals surface area contributed by atoms with Crippen LogP contribution in [0.15, 0.2) is 83.5 Å². The molecule has 1 aliphatic rings. The number of carbonyl (C=O) groups excluding carboxylic acids is 1. The van der Waals surface area contributed by atoms with E-state index in [4.69, 9.17) is 0 Å². The zero-order valence-electron chi connectivity index (χ0n) is 17.3. The van der Waals surface area contributed by atoms with E-state index in [-0.39, 0.29) is 5.91 Å². The Balaban J connectivity index is 1.41. The molecule has 4 aromatic rings. The van der Waals surface area contributed by atoms with Crippen LogP contribution >= 0.6 is 0 Å². The molecule has 0 fully saturated rings. The molecule has 1 amide bonds. The van der Waals surface area contributed by atoms with Gasteiger partial charge in [-0.1, -0.05) is 36.4 Å². The van der Waals surface area contributed by atoms with Crippen molar-refractivity contribution >= 4 is 40.7 Å². The maximum absolute atomic E-state index is 13.0. The molecule has 5 rings (SSSR count). The average Bonchev–Trinajstić information content (AvgIpc) is 3.38. The molecule has 0 aliphatic carbocycles. The number of aromatic nitrogens is 2. The van der Waals surface area contributed by atoms with Gasteiger partial charge < -0.3 is 9.88 Å². The van der Waals surface area contributed by atoms with E-state index in [0.29, 0.717) is 5.70 Å². The summed E-state index contributed by atoms with van der Waals surface area (Å²) in [6, 6.07) is 23.6. The van der Waals surface area contributed by atoms with Crippen LogP contribution in [0.3, 0.4) is 0 Å². The van der Waals surface area contributed by atoms with E-state index in [1.807, 2.05) is 91.8 Å². The monoisotopic (exact) mass is 407 g/mol. The third-order valence-corrected chi connectivity index (χ3v) is 5.25. The molecule has 0 atom stereocenters. The summed E-state index contributed by atoms with van der Waals surface area (Å²) < 4.78 is 0. The van der Waals surface area contributed by atoms with E-state index in [1.165, 1.54) is 0 Å². The summed E-state index contributed by atoms with van der Waals surface area (Å²) in [7, 11) is 3.99. The normalized spacial score (nSPS) is 14.7. The Morgan fingerprint density at radius 3 is 2.55 bits per heavy atom. The number of carbonyl (C=O) groups is 1. The van der Waals surface area contributed by atoms with Gasteiger partial charge in [-0.25, -0.2) is 9.98 Å². The molecule has 6 nitrogen and oxygen atoms in total. The van der Waals surface area contributed by atoms with Gasteiger partial charge in [0.05, 0.1) is 16.7 Å². The van der Waals surface area contributed by atoms with E-state index in [9.17, 15) is 4.79 Å². The molecular weight excluding hydrogens is 386 g/mol. The summed E-state index contributed by atoms with van der Waals surface area (Å²) in [6.07, 6.45) is 3.38. The van der Waals surface area contributed by atoms with Crippen LogP contribution in [0.4, 0.5) is 11.4 Å². The molecule has 0 bridgehead atoms. The molecule has 2 heterocycles. The number of aromatic amines is 1. The zero-order valence-corrected chi connectivity index (χ0v) is 17.3. The highest BCUT2D eigenvalue weighted by Crippen LogP contribution is 2.27. The Labute approximate surface area is 180 Å². The standard InChI is InChI=1S/C25H21N5O/c1-29(2)19-12-10-17(11-13-19)14-23-25(31)30(16-26-23)20-7-5-6-18(15-20)24-27-21-8-3-4-9-22(21)28-24/h3-16H,1-2H3,(H,27,28)/b23-14+. The van der Waals surface area contributed by atoms with Crippen LogP contribution in [0.1, 0.15) is 5.56 Å². The van der Waals surface area contributed by atoms with Crippen molar-refractivity contribution in [3.63, 3.8) is 0 Å². The number of nitrogens with zero attached hydrogens (tertiary/aromatic N) is 4. The fourth-order valence-corrected chi connectivity index (χ4v) is 3.55. The maximum atomic E-state index is 13.0. The van der Waals surface area contributed by atoms with Crippen molar-refractivity contribution in [2.75, 3.05) is 23.9 Å². The van der Waals surface area contributed by atoms with Gasteiger partial charge in [0.25, 0.3) is 5.91 Å². The number of anilines is 2. The Hall–Kier alpha value is -4.19. The highest BCUT2D eigenvalue weighted by Gasteiger charge is 2.24. The minimum absolute atomic E-state index is 0.154. The average molecular weight is 407 g/mol. The molecule has 1 N–H and O–H groups in total. The van der Waals surface area contributed by atoms with Crippen LogP contribution in [-0.4, -0.2) is 36.3 Å². The number of rotatable bonds is 4. The van der Waals surface area contributed by atoms with E-state index in [0.717, 1.165) is 39.4 Å². The van der Waals surface area contributed by atoms with Crippen molar-refractivity contribution in [3.8, 4) is 11.4 Å². The molecule has 6 heteroatoms. The van der Waals surface area contributed by atoms with Crippen molar-refractivity contribution in [1.82, 2.24) is 9.97 Å². The molecule has 152 valence electrons. The van der Waals surface area contributed by atoms with Crippen molar-refractivity contribution in [3.05, 3.63) is 84.1 Å². The highest BCUT2D eigenvalue weighted by atomic mass is 16.2. The Kier molecular flexibility index (Phi) is 4.59. The second kappa shape index (κ2) is 7.57. The van der Waals surface area contributed by atoms with E-state index in [2.05, 4.69) is 15.0 Å². The van der Waals surface area contributed by atoms with Gasteiger partial charge in [-0.05, 0) is 48.0 Å². The van der Waals surface area contributed by atoms with Crippen LogP contribution in [0, 0.1) is 0 Å². The van der Waals surface area contributed by atoms with Crippen LogP contribution < -0.4 is 9.80 Å². The topological polar surface area (TPSA) is 64.6 Å². The molecule has 0 radical (unpaired) electrons. The predicted molar refractivity (Wildman–Crippen MR) is 126 cm³/mol. The number of H-pyrrole nitrogens is 1. The quantitative estimate of drug-likeness (QED) is 0.498. The second-order valence-corrected chi connectivity index (χ2v) is 7.59. The lowest BCUT2D eigenvalue weighted by Gasteiger charge is -2.13. The summed E-state index contributed by atoms with van der Waals surface area (Å²) >= 11 is 0. The summed E-state index contributed by atoms with van der Waals surface area (Å²) in [6.45, 7) is 0. The first-order valence-electron chi connectivity index (χ1n) is 10.0. The molecule has 0 unspecified atom stereocenters. The maximum Gasteiger partial charge on any atom is 0.282 e. The minimum atomic E-state index is -0.154. The Bertz CT molecular complexity index is 1300. The second-order valence-electron chi connectivity index (χ2n) is 7.59. The van der Waals surface area contributed by atoms with Gasteiger partial charge in [-0.15, -0.1) is 0 Å². The molecule has 0 saturated heterocycles. The van der Waals surface area contributed by atoms with Crippen molar-refractivity contribution < 1.29 is 4.79 Å². The lowest BCUT2D eigenvalue weighted by molar-refractivity contribution is -0.113. The summed E-state index contributed by atoms with van der Waals surface area (Å²) in [5, 5.41) is 0. The number of hydrogen-bond acceptors (Lipinski definition) is 4. The number of para-hydroxylation sites is 2. The predicted octanol–water partition coefficient (Wildman–Crippen LogP) is 4.71. The smallest absolute Gasteiger partial charge is 0.282 e. The van der Waals surface area contributed by atoms with E-state index in [1.54, 1.807) is 17.3 Å². The van der Waals surface area contributed by atoms with Gasteiger partial charge in [-0.2, -0.15) is 0 Å². The third kappa shape index (κ3) is 3.59. The van der Waals surface area contributed by atoms with E-state index < -0.39 is 0 Å². The zero-order chi connectivity index (χ0) is 21.4. The number of fused-ring (bicyclic) bond motifs is 1. The van der Waals surface area contributed by atoms with Crippen LogP contribution in [-0.2, 0) is 4.79 Å². The number of aliphatic imine (C=N–C) groups is 1. The summed E-state index contributed by atoms with van der Waals surface area (Å²) in [5.41, 5.74) is 5.99. The van der Waals surface area contributed by atoms with Gasteiger partial charge in [0.15, 0.2) is 0 Å². The fraction of sp³-hybridized carbons (Fsp3) is 0.0800. The Morgan fingerprint density at radius 2 is 1.77 bits per heavy atom. The molecule has 3 aromatic carbocycles. The molecule has 1 aromatic heterocycles. The third-order valence-electron chi connectivity index (χ3n) is 5.25. The van der Waals surface area contributed by atoms with Gasteiger partial charge in [0.1, 0.15) is 17.9 Å². The number of nitrogens with one attached hydrogen (secondary N) is 1. The molecule has 1 aliphatic heterocycles. The molecule has 0 spiro atoms. The van der Waals surface area contributed by atoms with Crippen LogP contribution in [0.25, 0.3) is 28.5 Å². The number of imidazole rings is 1. The number of benzene rings is 3. The first-order valence-corrected chi connectivity index (χ1v) is 10.0. The van der Waals surface area contributed by atoms with E-state index >= 15 is 0 Å². The van der Waals surface area contributed by atoms with Crippen LogP contribution in [0.5, 0.6) is 0 Å². The lowest BCUT2D eigenvalue weighted by atomic mass is 10.1. The number of amides is 1. The SMILES string of the molecule is CN(C)c1ccc(/C=C2/N=CN(c3cccc(-c4nc5ccccc5[nH]4)c3)C2=O)cc1. The van der Waals surface area contributed by atoms with Crippen molar-refractivity contribution in [2.24, 2.45) is 4.99 Å². The highest BCUT2D eigenvalue weighted by molar-refractivity contribution is 6.22. The summed E-state index contributed by atoms with van der Waals surface area (Å²) in [5.74, 6) is 0.613. The van der Waals surface area contributed by atoms with Crippen LogP contribution in [0.2, 0.25) is 0 Å². The van der Waals surface area contributed by atoms with Crippen molar-refractivity contribution in [2.45, 2.75) is 0 Å². The molecule has 31 heavy (non-hydrogen) atoms. The summed E-state index contributed by atoms with van der Waals surface area (Å²) in [4.78, 5) is 28.9. The largest absolute Gasteiger partial charge is 0.378 e. The van der Waals surface area contributed by atoms with Gasteiger partial charge >= 0.3 is 0 Å². The van der Waals surface area contributed by atoms with Gasteiger partial charge in [0, 0.05) is 25.3 Å². The first kappa shape index (κ1) is 18.8. The Morgan fingerprint density at radius 1 is 0.968 bits per heavy atom. The lowest BCUT2D eigenvalue weighted by Crippen LogP contribution is -2.24. The fourth-order valence-electron chi connectivity index (χ4n) is 3.55. The number of hydrogen-bond donors (Lipinski definition) is 1. The molecule has 0 saturated carbocycles. The van der Waals surface area contributed by atoms with Gasteiger partial charge in [-0.3, -0.25) is 9.69 Å². The van der Waals surface area contributed by atoms with Gasteiger partial charge in [0.2, 0.25) is 0 Å². The van der Waals surface area contributed by atoms with Crippen molar-refractivity contribution in [1.29, 1.82) is 0 Å². The molecular formula is C25H21N5O. The minimum Gasteiger partial charge on any atom is -0.378 e.